The Morgan fingerprint density at radius 3 is 2.32 bits per heavy atom. The predicted molar refractivity (Wildman–Crippen MR) is 107 cm³/mol. The van der Waals surface area contributed by atoms with Crippen molar-refractivity contribution in [2.45, 2.75) is 62.2 Å². The maximum atomic E-state index is 14.7. The lowest BCUT2D eigenvalue weighted by molar-refractivity contribution is 0.0783. The first-order valence-electron chi connectivity index (χ1n) is 9.29. The summed E-state index contributed by atoms with van der Waals surface area (Å²) in [5, 5.41) is 13.2. The van der Waals surface area contributed by atoms with Crippen LogP contribution < -0.4 is 5.32 Å². The Kier molecular flexibility index (Phi) is 5.01. The van der Waals surface area contributed by atoms with Crippen LogP contribution in [0.15, 0.2) is 14.8 Å². The first-order chi connectivity index (χ1) is 13.3. The topological polar surface area (TPSA) is 91.7 Å². The minimum absolute atomic E-state index is 0.107. The molecule has 0 radical (unpaired) electrons. The normalized spacial score (nSPS) is 16.9. The number of urea groups is 1. The molecule has 1 unspecified atom stereocenters. The van der Waals surface area contributed by atoms with E-state index >= 15 is 0 Å². The number of amides is 2. The molecule has 1 aromatic carbocycles. The number of fused-ring (bicyclic) bond motifs is 2. The zero-order valence-corrected chi connectivity index (χ0v) is 17.4. The molecule has 2 N–H and O–H groups in total. The van der Waals surface area contributed by atoms with Crippen LogP contribution >= 0.6 is 11.3 Å². The second kappa shape index (κ2) is 7.20. The van der Waals surface area contributed by atoms with E-state index in [-0.39, 0.29) is 5.82 Å². The first kappa shape index (κ1) is 19.5. The molecule has 28 heavy (non-hydrogen) atoms. The molecule has 0 aliphatic heterocycles. The number of hydrogen-bond donors (Lipinski definition) is 3. The molecule has 1 heterocycles. The number of aromatic nitrogens is 1. The molecule has 0 spiro atoms. The van der Waals surface area contributed by atoms with E-state index in [1.54, 1.807) is 13.8 Å². The Morgan fingerprint density at radius 2 is 1.79 bits per heavy atom. The zero-order valence-electron chi connectivity index (χ0n) is 15.7. The van der Waals surface area contributed by atoms with E-state index in [1.165, 1.54) is 6.20 Å². The van der Waals surface area contributed by atoms with Crippen LogP contribution in [0.1, 0.15) is 54.0 Å². The average molecular weight is 424 g/mol. The minimum atomic E-state index is -2.32. The number of hydrogen-bond acceptors (Lipinski definition) is 5. The van der Waals surface area contributed by atoms with E-state index in [1.807, 2.05) is 0 Å². The number of nitrogens with one attached hydrogen (secondary N) is 1. The molecule has 9 heteroatoms. The summed E-state index contributed by atoms with van der Waals surface area (Å²) in [6.45, 7) is 3.17. The Hall–Kier alpha value is -1.84. The molecule has 150 valence electrons. The third kappa shape index (κ3) is 3.46. The van der Waals surface area contributed by atoms with Gasteiger partial charge in [0.15, 0.2) is 0 Å². The minimum Gasteiger partial charge on any atom is -0.383 e. The molecule has 2 aromatic rings. The second-order valence-corrected chi connectivity index (χ2v) is 10.2. The van der Waals surface area contributed by atoms with Gasteiger partial charge in [-0.25, -0.2) is 18.4 Å². The van der Waals surface area contributed by atoms with Crippen molar-refractivity contribution >= 4 is 33.7 Å². The van der Waals surface area contributed by atoms with Crippen molar-refractivity contribution in [1.29, 1.82) is 0 Å². The van der Waals surface area contributed by atoms with Gasteiger partial charge < -0.3 is 10.4 Å². The molecule has 0 fully saturated rings. The highest BCUT2D eigenvalue weighted by Crippen LogP contribution is 2.41. The molecule has 1 aromatic heterocycles. The van der Waals surface area contributed by atoms with Crippen molar-refractivity contribution in [3.63, 3.8) is 0 Å². The van der Waals surface area contributed by atoms with Crippen LogP contribution in [0.2, 0.25) is 0 Å². The summed E-state index contributed by atoms with van der Waals surface area (Å²) in [5.74, 6) is -0.107. The standard InChI is InChI=1S/C19H22FN3O3S2/c1-19(2,25)17-21-9-14(27-17)28(26)23-18(24)22-16-12-7-3-5-10(12)15(20)11-6-4-8-13(11)16/h9,25,28H,3-8H2,1-2H3,(H,22,24). The number of aliphatic hydroxyl groups is 1. The molecule has 4 rings (SSSR count). The molecule has 0 saturated carbocycles. The van der Waals surface area contributed by atoms with Crippen LogP contribution in [0.25, 0.3) is 0 Å². The van der Waals surface area contributed by atoms with E-state index < -0.39 is 22.2 Å². The second-order valence-electron chi connectivity index (χ2n) is 7.68. The molecule has 1 atom stereocenters. The number of nitrogens with zero attached hydrogens (tertiary/aromatic N) is 2. The SMILES string of the molecule is CC(C)(O)c1ncc([SH](=O)=NC(=O)Nc2c3c(c(F)c4c2CCC4)CCC3)s1. The highest BCUT2D eigenvalue weighted by molar-refractivity contribution is 7.78. The maximum absolute atomic E-state index is 14.7. The van der Waals surface area contributed by atoms with E-state index in [0.29, 0.717) is 38.9 Å². The number of rotatable bonds is 3. The van der Waals surface area contributed by atoms with Crippen LogP contribution in [0.5, 0.6) is 0 Å². The van der Waals surface area contributed by atoms with Gasteiger partial charge in [0.2, 0.25) is 0 Å². The summed E-state index contributed by atoms with van der Waals surface area (Å²) in [6, 6.07) is -0.700. The first-order valence-corrected chi connectivity index (χ1v) is 11.3. The van der Waals surface area contributed by atoms with Gasteiger partial charge >= 0.3 is 6.03 Å². The van der Waals surface area contributed by atoms with E-state index in [4.69, 9.17) is 0 Å². The molecule has 2 aliphatic rings. The Morgan fingerprint density at radius 1 is 1.21 bits per heavy atom. The number of anilines is 1. The smallest absolute Gasteiger partial charge is 0.353 e. The molecule has 0 bridgehead atoms. The number of thiol groups is 1. The highest BCUT2D eigenvalue weighted by atomic mass is 32.2. The van der Waals surface area contributed by atoms with Crippen LogP contribution in [-0.2, 0) is 41.9 Å². The number of benzene rings is 1. The Balaban J connectivity index is 1.62. The quantitative estimate of drug-likeness (QED) is 0.656. The number of carbonyl (C=O) groups excluding carboxylic acids is 1. The highest BCUT2D eigenvalue weighted by Gasteiger charge is 2.29. The van der Waals surface area contributed by atoms with Gasteiger partial charge in [0.25, 0.3) is 0 Å². The summed E-state index contributed by atoms with van der Waals surface area (Å²) in [7, 11) is -2.32. The van der Waals surface area contributed by atoms with Crippen LogP contribution in [0, 0.1) is 5.82 Å². The average Bonchev–Trinajstić information content (AvgIpc) is 3.38. The Labute approximate surface area is 168 Å². The van der Waals surface area contributed by atoms with Crippen LogP contribution in [0.4, 0.5) is 14.9 Å². The van der Waals surface area contributed by atoms with E-state index in [2.05, 4.69) is 14.7 Å². The molecule has 2 aliphatic carbocycles. The summed E-state index contributed by atoms with van der Waals surface area (Å²) in [4.78, 5) is 16.5. The molecule has 6 nitrogen and oxygen atoms in total. The lowest BCUT2D eigenvalue weighted by Gasteiger charge is -2.16. The molecular weight excluding hydrogens is 401 g/mol. The maximum Gasteiger partial charge on any atom is 0.353 e. The summed E-state index contributed by atoms with van der Waals surface area (Å²) in [6.07, 6.45) is 5.93. The van der Waals surface area contributed by atoms with Gasteiger partial charge in [-0.1, -0.05) is 0 Å². The third-order valence-corrected chi connectivity index (χ3v) is 7.90. The van der Waals surface area contributed by atoms with Gasteiger partial charge in [0.05, 0.1) is 16.8 Å². The zero-order chi connectivity index (χ0) is 20.1. The van der Waals surface area contributed by atoms with Crippen molar-refractivity contribution in [1.82, 2.24) is 4.98 Å². The van der Waals surface area contributed by atoms with Gasteiger partial charge in [-0.3, -0.25) is 0 Å². The lowest BCUT2D eigenvalue weighted by atomic mass is 9.98. The van der Waals surface area contributed by atoms with Gasteiger partial charge in [0.1, 0.15) is 20.6 Å². The molecule has 0 saturated heterocycles. The summed E-state index contributed by atoms with van der Waals surface area (Å²) >= 11 is 1.07. The van der Waals surface area contributed by atoms with Crippen molar-refractivity contribution in [3.05, 3.63) is 39.3 Å². The lowest BCUT2D eigenvalue weighted by Crippen LogP contribution is -2.14. The fourth-order valence-corrected chi connectivity index (χ4v) is 5.76. The van der Waals surface area contributed by atoms with E-state index in [0.717, 1.165) is 48.1 Å². The van der Waals surface area contributed by atoms with Crippen molar-refractivity contribution < 1.29 is 18.5 Å². The number of carbonyl (C=O) groups is 1. The van der Waals surface area contributed by atoms with Gasteiger partial charge in [-0.15, -0.1) is 15.7 Å². The van der Waals surface area contributed by atoms with Gasteiger partial charge in [-0.05, 0) is 74.6 Å². The van der Waals surface area contributed by atoms with Crippen molar-refractivity contribution in [2.24, 2.45) is 4.36 Å². The molecule has 2 amide bonds. The Bertz CT molecular complexity index is 1010. The number of thiazole rings is 1. The van der Waals surface area contributed by atoms with Crippen molar-refractivity contribution in [3.8, 4) is 0 Å². The molecular formula is C19H22FN3O3S2. The fourth-order valence-electron chi connectivity index (χ4n) is 3.94. The largest absolute Gasteiger partial charge is 0.383 e. The van der Waals surface area contributed by atoms with Crippen LogP contribution in [-0.4, -0.2) is 20.3 Å². The van der Waals surface area contributed by atoms with Crippen molar-refractivity contribution in [2.75, 3.05) is 5.32 Å². The van der Waals surface area contributed by atoms with E-state index in [9.17, 15) is 18.5 Å². The van der Waals surface area contributed by atoms with Crippen LogP contribution in [0.3, 0.4) is 0 Å². The third-order valence-electron chi connectivity index (χ3n) is 5.19. The predicted octanol–water partition coefficient (Wildman–Crippen LogP) is 3.74. The summed E-state index contributed by atoms with van der Waals surface area (Å²) < 4.78 is 31.3. The summed E-state index contributed by atoms with van der Waals surface area (Å²) in [5.41, 5.74) is 2.66. The van der Waals surface area contributed by atoms with Gasteiger partial charge in [0, 0.05) is 5.69 Å². The number of halogens is 1. The fraction of sp³-hybridized carbons (Fsp3) is 0.474. The monoisotopic (exact) mass is 423 g/mol. The van der Waals surface area contributed by atoms with Gasteiger partial charge in [-0.2, -0.15) is 0 Å².